The monoisotopic (exact) mass is 261 g/mol. The van der Waals surface area contributed by atoms with Crippen LogP contribution < -0.4 is 20.9 Å². The number of anilines is 1. The lowest BCUT2D eigenvalue weighted by Crippen LogP contribution is -2.41. The molecule has 1 saturated carbocycles. The molecule has 0 spiro atoms. The molecule has 6 heteroatoms. The summed E-state index contributed by atoms with van der Waals surface area (Å²) in [5.74, 6) is 0.431. The molecular formula is C13H15N3O3. The predicted molar refractivity (Wildman–Crippen MR) is 68.7 cm³/mol. The lowest BCUT2D eigenvalue weighted by molar-refractivity contribution is -0.124. The summed E-state index contributed by atoms with van der Waals surface area (Å²) in [5.41, 5.74) is 6.36. The van der Waals surface area contributed by atoms with Crippen molar-refractivity contribution in [3.63, 3.8) is 0 Å². The highest BCUT2D eigenvalue weighted by Crippen LogP contribution is 2.49. The van der Waals surface area contributed by atoms with Crippen molar-refractivity contribution >= 4 is 17.5 Å². The van der Waals surface area contributed by atoms with E-state index in [1.165, 1.54) is 0 Å². The molecule has 2 aliphatic rings. The third-order valence-corrected chi connectivity index (χ3v) is 3.59. The molecule has 1 fully saturated rings. The number of hydrazine groups is 1. The second-order valence-corrected chi connectivity index (χ2v) is 4.83. The highest BCUT2D eigenvalue weighted by Gasteiger charge is 2.51. The second kappa shape index (κ2) is 4.24. The summed E-state index contributed by atoms with van der Waals surface area (Å²) >= 11 is 0. The Morgan fingerprint density at radius 3 is 2.89 bits per heavy atom. The van der Waals surface area contributed by atoms with E-state index in [-0.39, 0.29) is 18.4 Å². The summed E-state index contributed by atoms with van der Waals surface area (Å²) in [4.78, 5) is 23.4. The van der Waals surface area contributed by atoms with E-state index in [2.05, 4.69) is 16.2 Å². The van der Waals surface area contributed by atoms with Crippen LogP contribution in [0.25, 0.3) is 0 Å². The highest BCUT2D eigenvalue weighted by molar-refractivity contribution is 5.96. The summed E-state index contributed by atoms with van der Waals surface area (Å²) in [6, 6.07) is 5.52. The van der Waals surface area contributed by atoms with E-state index in [1.807, 2.05) is 12.1 Å². The number of benzene rings is 1. The van der Waals surface area contributed by atoms with E-state index >= 15 is 0 Å². The molecule has 3 N–H and O–H groups in total. The first kappa shape index (κ1) is 12.0. The van der Waals surface area contributed by atoms with Crippen molar-refractivity contribution in [1.82, 2.24) is 10.9 Å². The topological polar surface area (TPSA) is 79.5 Å². The van der Waals surface area contributed by atoms with Gasteiger partial charge in [0.15, 0.2) is 6.61 Å². The van der Waals surface area contributed by atoms with E-state index in [4.69, 9.17) is 4.74 Å². The minimum absolute atomic E-state index is 0.0394. The van der Waals surface area contributed by atoms with Crippen molar-refractivity contribution in [2.75, 3.05) is 19.0 Å². The van der Waals surface area contributed by atoms with Crippen LogP contribution in [-0.4, -0.2) is 25.5 Å². The molecule has 1 aliphatic heterocycles. The fourth-order valence-corrected chi connectivity index (χ4v) is 2.39. The molecule has 1 aromatic rings. The third-order valence-electron chi connectivity index (χ3n) is 3.59. The highest BCUT2D eigenvalue weighted by atomic mass is 16.5. The zero-order chi connectivity index (χ0) is 13.5. The van der Waals surface area contributed by atoms with Crippen molar-refractivity contribution < 1.29 is 14.3 Å². The van der Waals surface area contributed by atoms with Crippen LogP contribution in [0.2, 0.25) is 0 Å². The summed E-state index contributed by atoms with van der Waals surface area (Å²) in [6.45, 7) is 0.0394. The number of amides is 2. The largest absolute Gasteiger partial charge is 0.482 e. The lowest BCUT2D eigenvalue weighted by Gasteiger charge is -2.21. The van der Waals surface area contributed by atoms with E-state index in [9.17, 15) is 9.59 Å². The fraction of sp³-hybridized carbons (Fsp3) is 0.385. The maximum atomic E-state index is 12.1. The average Bonchev–Trinajstić information content (AvgIpc) is 3.19. The van der Waals surface area contributed by atoms with Gasteiger partial charge in [-0.15, -0.1) is 0 Å². The number of hydrogen-bond donors (Lipinski definition) is 3. The first-order valence-electron chi connectivity index (χ1n) is 6.20. The molecule has 2 amide bonds. The molecule has 0 radical (unpaired) electrons. The van der Waals surface area contributed by atoms with E-state index in [0.717, 1.165) is 18.4 Å². The summed E-state index contributed by atoms with van der Waals surface area (Å²) in [5, 5.41) is 2.76. The van der Waals surface area contributed by atoms with Gasteiger partial charge < -0.3 is 10.1 Å². The van der Waals surface area contributed by atoms with Gasteiger partial charge in [-0.25, -0.2) is 5.43 Å². The zero-order valence-electron chi connectivity index (χ0n) is 10.6. The van der Waals surface area contributed by atoms with Gasteiger partial charge in [-0.1, -0.05) is 6.07 Å². The zero-order valence-corrected chi connectivity index (χ0v) is 10.6. The molecular weight excluding hydrogens is 246 g/mol. The number of hydrogen-bond acceptors (Lipinski definition) is 4. The van der Waals surface area contributed by atoms with Crippen LogP contribution in [0.1, 0.15) is 18.4 Å². The van der Waals surface area contributed by atoms with Crippen molar-refractivity contribution in [1.29, 1.82) is 0 Å². The molecule has 0 atom stereocenters. The lowest BCUT2D eigenvalue weighted by atomic mass is 9.94. The number of fused-ring (bicyclic) bond motifs is 1. The molecule has 3 rings (SSSR count). The predicted octanol–water partition coefficient (Wildman–Crippen LogP) is 0.300. The maximum absolute atomic E-state index is 12.1. The smallest absolute Gasteiger partial charge is 0.262 e. The number of nitrogens with one attached hydrogen (secondary N) is 3. The Hall–Kier alpha value is -2.08. The van der Waals surface area contributed by atoms with Gasteiger partial charge in [-0.3, -0.25) is 15.0 Å². The minimum atomic E-state index is -0.472. The Kier molecular flexibility index (Phi) is 2.67. The number of rotatable bonds is 3. The van der Waals surface area contributed by atoms with Crippen molar-refractivity contribution in [3.8, 4) is 5.75 Å². The van der Waals surface area contributed by atoms with Crippen molar-refractivity contribution in [3.05, 3.63) is 23.8 Å². The van der Waals surface area contributed by atoms with Crippen LogP contribution >= 0.6 is 0 Å². The fourth-order valence-electron chi connectivity index (χ4n) is 2.39. The van der Waals surface area contributed by atoms with Crippen molar-refractivity contribution in [2.45, 2.75) is 18.3 Å². The Balaban J connectivity index is 1.92. The maximum Gasteiger partial charge on any atom is 0.262 e. The van der Waals surface area contributed by atoms with Gasteiger partial charge >= 0.3 is 0 Å². The standard InChI is InChI=1S/C13H15N3O3/c1-14-16-12(18)13(4-5-13)8-2-3-10-9(6-8)15-11(17)7-19-10/h2-3,6,14H,4-5,7H2,1H3,(H,15,17)(H,16,18). The SMILES string of the molecule is CNNC(=O)C1(c2ccc3c(c2)NC(=O)CO3)CC1. The first-order valence-corrected chi connectivity index (χ1v) is 6.20. The molecule has 0 saturated heterocycles. The number of ether oxygens (including phenoxy) is 1. The van der Waals surface area contributed by atoms with Crippen LogP contribution in [0.4, 0.5) is 5.69 Å². The molecule has 0 unspecified atom stereocenters. The van der Waals surface area contributed by atoms with E-state index in [1.54, 1.807) is 13.1 Å². The Bertz CT molecular complexity index is 552. The third kappa shape index (κ3) is 1.94. The molecule has 6 nitrogen and oxygen atoms in total. The van der Waals surface area contributed by atoms with Crippen molar-refractivity contribution in [2.24, 2.45) is 0 Å². The summed E-state index contributed by atoms with van der Waals surface area (Å²) < 4.78 is 5.31. The van der Waals surface area contributed by atoms with Gasteiger partial charge in [0, 0.05) is 7.05 Å². The Morgan fingerprint density at radius 1 is 1.42 bits per heavy atom. The van der Waals surface area contributed by atoms with E-state index in [0.29, 0.717) is 11.4 Å². The minimum Gasteiger partial charge on any atom is -0.482 e. The van der Waals surface area contributed by atoms with Gasteiger partial charge in [0.1, 0.15) is 5.75 Å². The first-order chi connectivity index (χ1) is 9.15. The Morgan fingerprint density at radius 2 is 2.21 bits per heavy atom. The number of carbonyl (C=O) groups excluding carboxylic acids is 2. The molecule has 1 heterocycles. The summed E-state index contributed by atoms with van der Waals surface area (Å²) in [6.07, 6.45) is 1.63. The van der Waals surface area contributed by atoms with Crippen LogP contribution in [0.5, 0.6) is 5.75 Å². The van der Waals surface area contributed by atoms with Gasteiger partial charge in [-0.05, 0) is 30.5 Å². The molecule has 1 aromatic carbocycles. The van der Waals surface area contributed by atoms with Gasteiger partial charge in [0.2, 0.25) is 5.91 Å². The van der Waals surface area contributed by atoms with Crippen LogP contribution in [-0.2, 0) is 15.0 Å². The molecule has 0 aromatic heterocycles. The normalized spacial score (nSPS) is 18.9. The molecule has 19 heavy (non-hydrogen) atoms. The Labute approximate surface area is 110 Å². The van der Waals surface area contributed by atoms with Crippen LogP contribution in [0.15, 0.2) is 18.2 Å². The second-order valence-electron chi connectivity index (χ2n) is 4.83. The molecule has 100 valence electrons. The molecule has 0 bridgehead atoms. The quantitative estimate of drug-likeness (QED) is 0.684. The molecule has 1 aliphatic carbocycles. The van der Waals surface area contributed by atoms with Gasteiger partial charge in [0.05, 0.1) is 11.1 Å². The van der Waals surface area contributed by atoms with Crippen LogP contribution in [0, 0.1) is 0 Å². The van der Waals surface area contributed by atoms with E-state index < -0.39 is 5.41 Å². The average molecular weight is 261 g/mol. The van der Waals surface area contributed by atoms with Crippen LogP contribution in [0.3, 0.4) is 0 Å². The summed E-state index contributed by atoms with van der Waals surface area (Å²) in [7, 11) is 1.66. The number of carbonyl (C=O) groups is 2. The van der Waals surface area contributed by atoms with Gasteiger partial charge in [-0.2, -0.15) is 0 Å². The van der Waals surface area contributed by atoms with Gasteiger partial charge in [0.25, 0.3) is 5.91 Å².